The lowest BCUT2D eigenvalue weighted by Crippen LogP contribution is -2.30. The highest BCUT2D eigenvalue weighted by molar-refractivity contribution is 5.71. The maximum Gasteiger partial charge on any atom is 0.306 e. The zero-order chi connectivity index (χ0) is 41.5. The molecule has 6 heteroatoms. The van der Waals surface area contributed by atoms with Crippen LogP contribution in [0.1, 0.15) is 188 Å². The molecule has 0 rings (SSSR count). The van der Waals surface area contributed by atoms with E-state index < -0.39 is 6.10 Å². The average molecular weight is 791 g/mol. The Hall–Kier alpha value is -3.67. The van der Waals surface area contributed by atoms with E-state index in [0.29, 0.717) is 12.8 Å². The molecular weight excluding hydrogens is 709 g/mol. The van der Waals surface area contributed by atoms with Gasteiger partial charge in [-0.05, 0) is 109 Å². The Bertz CT molecular complexity index is 1180. The van der Waals surface area contributed by atoms with E-state index in [9.17, 15) is 14.4 Å². The summed E-state index contributed by atoms with van der Waals surface area (Å²) in [6.45, 7) is 6.26. The lowest BCUT2D eigenvalue weighted by molar-refractivity contribution is -0.167. The first-order valence-corrected chi connectivity index (χ1v) is 22.7. The summed E-state index contributed by atoms with van der Waals surface area (Å²) in [6, 6.07) is 0. The molecule has 0 aromatic heterocycles. The monoisotopic (exact) mass is 791 g/mol. The molecule has 0 amide bonds. The zero-order valence-corrected chi connectivity index (χ0v) is 36.6. The maximum atomic E-state index is 12.7. The van der Waals surface area contributed by atoms with Crippen molar-refractivity contribution < 1.29 is 28.6 Å². The van der Waals surface area contributed by atoms with E-state index in [1.54, 1.807) is 0 Å². The Morgan fingerprint density at radius 3 is 1.19 bits per heavy atom. The van der Waals surface area contributed by atoms with Gasteiger partial charge in [-0.2, -0.15) is 0 Å². The first kappa shape index (κ1) is 53.3. The van der Waals surface area contributed by atoms with Gasteiger partial charge < -0.3 is 14.2 Å². The molecule has 0 N–H and O–H groups in total. The van der Waals surface area contributed by atoms with Crippen LogP contribution in [-0.2, 0) is 28.6 Å². The SMILES string of the molecule is CC/C=C\C/C=C\C/C=C\C/C=C\C/C=C\CCCC(=O)OCC(COC(=O)CCCC/C=C\C/C=C\CC)OC(=O)CCCCC/C=C\CCCCCCCC. The number of ether oxygens (including phenoxy) is 3. The Morgan fingerprint density at radius 2 is 0.702 bits per heavy atom. The normalized spacial score (nSPS) is 13.0. The van der Waals surface area contributed by atoms with Crippen LogP contribution in [0, 0.1) is 0 Å². The lowest BCUT2D eigenvalue weighted by atomic mass is 10.1. The molecule has 0 aliphatic rings. The van der Waals surface area contributed by atoms with Crippen molar-refractivity contribution in [1.29, 1.82) is 0 Å². The molecule has 0 fully saturated rings. The van der Waals surface area contributed by atoms with Gasteiger partial charge in [0.25, 0.3) is 0 Å². The molecule has 0 aliphatic carbocycles. The molecule has 0 aromatic carbocycles. The third kappa shape index (κ3) is 43.3. The number of carbonyl (C=O) groups excluding carboxylic acids is 3. The molecule has 1 atom stereocenters. The van der Waals surface area contributed by atoms with E-state index in [1.807, 2.05) is 0 Å². The highest BCUT2D eigenvalue weighted by Crippen LogP contribution is 2.11. The zero-order valence-electron chi connectivity index (χ0n) is 36.6. The quantitative estimate of drug-likeness (QED) is 0.0267. The molecule has 0 bridgehead atoms. The van der Waals surface area contributed by atoms with Crippen LogP contribution in [0.4, 0.5) is 0 Å². The van der Waals surface area contributed by atoms with Gasteiger partial charge in [0.1, 0.15) is 13.2 Å². The van der Waals surface area contributed by atoms with Gasteiger partial charge in [0.15, 0.2) is 6.10 Å². The van der Waals surface area contributed by atoms with Crippen LogP contribution >= 0.6 is 0 Å². The Kier molecular flexibility index (Phi) is 42.1. The summed E-state index contributed by atoms with van der Waals surface area (Å²) in [5.41, 5.74) is 0. The third-order valence-electron chi connectivity index (χ3n) is 9.05. The molecule has 6 nitrogen and oxygen atoms in total. The number of hydrogen-bond acceptors (Lipinski definition) is 6. The number of esters is 3. The minimum absolute atomic E-state index is 0.120. The number of allylic oxidation sites excluding steroid dienone is 16. The molecule has 0 saturated heterocycles. The molecular formula is C51H82O6. The first-order chi connectivity index (χ1) is 28.0. The van der Waals surface area contributed by atoms with Crippen LogP contribution in [0.15, 0.2) is 97.2 Å². The van der Waals surface area contributed by atoms with E-state index in [2.05, 4.69) is 118 Å². The minimum atomic E-state index is -0.819. The van der Waals surface area contributed by atoms with E-state index in [0.717, 1.165) is 103 Å². The Labute approximate surface area is 349 Å². The molecule has 0 aromatic rings. The van der Waals surface area contributed by atoms with Crippen molar-refractivity contribution >= 4 is 17.9 Å². The summed E-state index contributed by atoms with van der Waals surface area (Å²) in [7, 11) is 0. The molecule has 57 heavy (non-hydrogen) atoms. The fourth-order valence-electron chi connectivity index (χ4n) is 5.68. The molecule has 0 spiro atoms. The fraction of sp³-hybridized carbons (Fsp3) is 0.627. The van der Waals surface area contributed by atoms with Crippen LogP contribution in [0.3, 0.4) is 0 Å². The van der Waals surface area contributed by atoms with Gasteiger partial charge in [0.05, 0.1) is 0 Å². The minimum Gasteiger partial charge on any atom is -0.462 e. The second-order valence-electron chi connectivity index (χ2n) is 14.5. The van der Waals surface area contributed by atoms with Gasteiger partial charge in [-0.3, -0.25) is 14.4 Å². The predicted molar refractivity (Wildman–Crippen MR) is 242 cm³/mol. The molecule has 1 unspecified atom stereocenters. The highest BCUT2D eigenvalue weighted by Gasteiger charge is 2.19. The number of rotatable bonds is 39. The third-order valence-corrected chi connectivity index (χ3v) is 9.05. The Balaban J connectivity index is 4.51. The van der Waals surface area contributed by atoms with Gasteiger partial charge in [-0.15, -0.1) is 0 Å². The van der Waals surface area contributed by atoms with Crippen molar-refractivity contribution in [2.75, 3.05) is 13.2 Å². The maximum absolute atomic E-state index is 12.7. The first-order valence-electron chi connectivity index (χ1n) is 22.7. The summed E-state index contributed by atoms with van der Waals surface area (Å²) in [5, 5.41) is 0. The van der Waals surface area contributed by atoms with Crippen LogP contribution in [-0.4, -0.2) is 37.2 Å². The number of carbonyl (C=O) groups is 3. The van der Waals surface area contributed by atoms with Crippen LogP contribution in [0.2, 0.25) is 0 Å². The van der Waals surface area contributed by atoms with Crippen LogP contribution in [0.5, 0.6) is 0 Å². The largest absolute Gasteiger partial charge is 0.462 e. The lowest BCUT2D eigenvalue weighted by Gasteiger charge is -2.18. The number of unbranched alkanes of at least 4 members (excludes halogenated alkanes) is 12. The van der Waals surface area contributed by atoms with Crippen LogP contribution < -0.4 is 0 Å². The second kappa shape index (κ2) is 45.0. The van der Waals surface area contributed by atoms with E-state index >= 15 is 0 Å². The van der Waals surface area contributed by atoms with Gasteiger partial charge in [0.2, 0.25) is 0 Å². The van der Waals surface area contributed by atoms with Crippen molar-refractivity contribution in [3.05, 3.63) is 97.2 Å². The summed E-state index contributed by atoms with van der Waals surface area (Å²) in [5.74, 6) is -1.04. The number of hydrogen-bond donors (Lipinski definition) is 0. The predicted octanol–water partition coefficient (Wildman–Crippen LogP) is 14.6. The molecule has 0 aliphatic heterocycles. The van der Waals surface area contributed by atoms with E-state index in [-0.39, 0.29) is 44.0 Å². The Morgan fingerprint density at radius 1 is 0.368 bits per heavy atom. The van der Waals surface area contributed by atoms with Crippen molar-refractivity contribution in [2.45, 2.75) is 194 Å². The smallest absolute Gasteiger partial charge is 0.306 e. The van der Waals surface area contributed by atoms with Gasteiger partial charge >= 0.3 is 17.9 Å². The average Bonchev–Trinajstić information content (AvgIpc) is 3.21. The van der Waals surface area contributed by atoms with Crippen LogP contribution in [0.25, 0.3) is 0 Å². The topological polar surface area (TPSA) is 78.9 Å². The highest BCUT2D eigenvalue weighted by atomic mass is 16.6. The van der Waals surface area contributed by atoms with Crippen molar-refractivity contribution in [2.24, 2.45) is 0 Å². The van der Waals surface area contributed by atoms with Gasteiger partial charge in [-0.25, -0.2) is 0 Å². The van der Waals surface area contributed by atoms with Crippen molar-refractivity contribution in [1.82, 2.24) is 0 Å². The summed E-state index contributed by atoms with van der Waals surface area (Å²) >= 11 is 0. The summed E-state index contributed by atoms with van der Waals surface area (Å²) in [4.78, 5) is 37.7. The van der Waals surface area contributed by atoms with Crippen molar-refractivity contribution in [3.63, 3.8) is 0 Å². The molecule has 0 heterocycles. The van der Waals surface area contributed by atoms with Gasteiger partial charge in [0, 0.05) is 19.3 Å². The fourth-order valence-corrected chi connectivity index (χ4v) is 5.68. The van der Waals surface area contributed by atoms with E-state index in [4.69, 9.17) is 14.2 Å². The van der Waals surface area contributed by atoms with Gasteiger partial charge in [-0.1, -0.05) is 157 Å². The summed E-state index contributed by atoms with van der Waals surface area (Å²) in [6.07, 6.45) is 58.4. The standard InChI is InChI=1S/C51H82O6/c1-4-7-10-13-16-19-21-23-24-25-26-28-29-32-35-38-41-44-50(53)56-47-48(46-55-49(52)43-40-37-34-31-18-15-12-9-6-3)57-51(54)45-42-39-36-33-30-27-22-20-17-14-11-8-5-2/h7,9-10,12,16,18-19,23-24,26-28,30-32,35,48H,4-6,8,11,13-15,17,20-22,25,29,33-34,36-47H2,1-3H3/b10-7-,12-9-,19-16-,24-23-,28-26-,30-27-,31-18-,35-32-. The molecule has 322 valence electrons. The second-order valence-corrected chi connectivity index (χ2v) is 14.5. The van der Waals surface area contributed by atoms with Crippen molar-refractivity contribution in [3.8, 4) is 0 Å². The molecule has 0 saturated carbocycles. The van der Waals surface area contributed by atoms with E-state index in [1.165, 1.54) is 38.5 Å². The molecule has 0 radical (unpaired) electrons. The summed E-state index contributed by atoms with van der Waals surface area (Å²) < 4.78 is 16.6.